The Hall–Kier alpha value is -0.550. The zero-order valence-electron chi connectivity index (χ0n) is 10.5. The topological polar surface area (TPSA) is 61.7 Å². The predicted octanol–water partition coefficient (Wildman–Crippen LogP) is 1.54. The molecule has 2 bridgehead atoms. The van der Waals surface area contributed by atoms with Crippen LogP contribution in [0.3, 0.4) is 0 Å². The Labute approximate surface area is 112 Å². The average molecular weight is 268 g/mol. The number of hydrogen-bond donors (Lipinski definition) is 2. The third-order valence-electron chi connectivity index (χ3n) is 4.41. The van der Waals surface area contributed by atoms with Crippen LogP contribution in [0.15, 0.2) is 4.99 Å². The SMILES string of the molecule is O=C1N=C(N[C@H]2CC3CCC2C3)SC1CCCO. The van der Waals surface area contributed by atoms with E-state index in [1.807, 2.05) is 0 Å². The zero-order valence-corrected chi connectivity index (χ0v) is 11.3. The summed E-state index contributed by atoms with van der Waals surface area (Å²) >= 11 is 1.55. The van der Waals surface area contributed by atoms with Crippen LogP contribution in [0.2, 0.25) is 0 Å². The van der Waals surface area contributed by atoms with E-state index in [1.54, 1.807) is 11.8 Å². The summed E-state index contributed by atoms with van der Waals surface area (Å²) in [4.78, 5) is 15.8. The fourth-order valence-electron chi connectivity index (χ4n) is 3.49. The minimum absolute atomic E-state index is 0.0286. The lowest BCUT2D eigenvalue weighted by Crippen LogP contribution is -2.36. The Balaban J connectivity index is 1.52. The highest BCUT2D eigenvalue weighted by Gasteiger charge is 2.41. The first-order valence-corrected chi connectivity index (χ1v) is 7.81. The van der Waals surface area contributed by atoms with E-state index < -0.39 is 0 Å². The number of thioether (sulfide) groups is 1. The van der Waals surface area contributed by atoms with Gasteiger partial charge in [-0.15, -0.1) is 0 Å². The maximum atomic E-state index is 11.7. The largest absolute Gasteiger partial charge is 0.396 e. The molecule has 4 atom stereocenters. The van der Waals surface area contributed by atoms with Gasteiger partial charge < -0.3 is 10.4 Å². The highest BCUT2D eigenvalue weighted by molar-refractivity contribution is 8.15. The van der Waals surface area contributed by atoms with Crippen LogP contribution in [0.1, 0.15) is 38.5 Å². The normalized spacial score (nSPS) is 38.3. The molecule has 1 heterocycles. The molecule has 2 fully saturated rings. The van der Waals surface area contributed by atoms with Crippen LogP contribution in [0, 0.1) is 11.8 Å². The van der Waals surface area contributed by atoms with E-state index in [9.17, 15) is 4.79 Å². The summed E-state index contributed by atoms with van der Waals surface area (Å²) in [6.07, 6.45) is 6.74. The third kappa shape index (κ3) is 2.43. The number of aliphatic hydroxyl groups excluding tert-OH is 1. The van der Waals surface area contributed by atoms with Crippen molar-refractivity contribution in [2.24, 2.45) is 16.8 Å². The molecular formula is C13H20N2O2S. The first kappa shape index (κ1) is 12.5. The first-order chi connectivity index (χ1) is 8.76. The van der Waals surface area contributed by atoms with Crippen LogP contribution < -0.4 is 5.32 Å². The van der Waals surface area contributed by atoms with Crippen LogP contribution >= 0.6 is 11.8 Å². The number of amidine groups is 1. The number of nitrogens with one attached hydrogen (secondary N) is 1. The summed E-state index contributed by atoms with van der Waals surface area (Å²) < 4.78 is 0. The monoisotopic (exact) mass is 268 g/mol. The number of carbonyl (C=O) groups is 1. The molecule has 3 unspecified atom stereocenters. The maximum Gasteiger partial charge on any atom is 0.261 e. The second-order valence-electron chi connectivity index (χ2n) is 5.65. The van der Waals surface area contributed by atoms with Gasteiger partial charge in [0.25, 0.3) is 5.91 Å². The molecule has 5 heteroatoms. The van der Waals surface area contributed by atoms with Crippen molar-refractivity contribution in [2.45, 2.75) is 49.8 Å². The molecule has 0 aromatic heterocycles. The Bertz CT molecular complexity index is 372. The van der Waals surface area contributed by atoms with E-state index in [2.05, 4.69) is 10.3 Å². The smallest absolute Gasteiger partial charge is 0.261 e. The van der Waals surface area contributed by atoms with Crippen molar-refractivity contribution in [2.75, 3.05) is 6.61 Å². The number of rotatable bonds is 4. The standard InChI is InChI=1S/C13H20N2O2S/c16-5-1-2-11-12(17)15-13(18-11)14-10-7-8-3-4-9(10)6-8/h8-11,16H,1-7H2,(H,14,15,17)/t8?,9?,10-,11?/m0/s1. The summed E-state index contributed by atoms with van der Waals surface area (Å²) in [6.45, 7) is 0.152. The van der Waals surface area contributed by atoms with E-state index in [-0.39, 0.29) is 17.8 Å². The Morgan fingerprint density at radius 1 is 1.39 bits per heavy atom. The maximum absolute atomic E-state index is 11.7. The first-order valence-electron chi connectivity index (χ1n) is 6.93. The van der Waals surface area contributed by atoms with Crippen molar-refractivity contribution in [3.8, 4) is 0 Å². The van der Waals surface area contributed by atoms with Crippen LogP contribution in [0.25, 0.3) is 0 Å². The number of aliphatic imine (C=N–C) groups is 1. The summed E-state index contributed by atoms with van der Waals surface area (Å²) in [6, 6.07) is 0.541. The number of nitrogens with zero attached hydrogens (tertiary/aromatic N) is 1. The van der Waals surface area contributed by atoms with Gasteiger partial charge in [0.2, 0.25) is 0 Å². The molecule has 2 N–H and O–H groups in total. The van der Waals surface area contributed by atoms with Crippen LogP contribution in [0.4, 0.5) is 0 Å². The van der Waals surface area contributed by atoms with Crippen molar-refractivity contribution >= 4 is 22.8 Å². The molecule has 0 aromatic carbocycles. The molecule has 18 heavy (non-hydrogen) atoms. The molecule has 3 rings (SSSR count). The molecule has 0 spiro atoms. The van der Waals surface area contributed by atoms with Gasteiger partial charge >= 0.3 is 0 Å². The predicted molar refractivity (Wildman–Crippen MR) is 72.5 cm³/mol. The van der Waals surface area contributed by atoms with Gasteiger partial charge in [0.15, 0.2) is 5.17 Å². The lowest BCUT2D eigenvalue weighted by atomic mass is 9.96. The minimum atomic E-state index is -0.0711. The summed E-state index contributed by atoms with van der Waals surface area (Å²) in [7, 11) is 0. The molecule has 1 amide bonds. The molecule has 3 aliphatic rings. The highest BCUT2D eigenvalue weighted by atomic mass is 32.2. The highest BCUT2D eigenvalue weighted by Crippen LogP contribution is 2.44. The molecule has 4 nitrogen and oxygen atoms in total. The van der Waals surface area contributed by atoms with Crippen LogP contribution in [0.5, 0.6) is 0 Å². The van der Waals surface area contributed by atoms with Crippen molar-refractivity contribution in [3.63, 3.8) is 0 Å². The summed E-state index contributed by atoms with van der Waals surface area (Å²) in [5, 5.41) is 13.0. The van der Waals surface area contributed by atoms with Crippen molar-refractivity contribution in [3.05, 3.63) is 0 Å². The van der Waals surface area contributed by atoms with Crippen LogP contribution in [-0.4, -0.2) is 34.1 Å². The summed E-state index contributed by atoms with van der Waals surface area (Å²) in [5.41, 5.74) is 0. The van der Waals surface area contributed by atoms with Gasteiger partial charge in [-0.3, -0.25) is 4.79 Å². The lowest BCUT2D eigenvalue weighted by molar-refractivity contribution is -0.117. The Morgan fingerprint density at radius 3 is 2.94 bits per heavy atom. The van der Waals surface area contributed by atoms with Crippen molar-refractivity contribution in [1.82, 2.24) is 5.32 Å². The van der Waals surface area contributed by atoms with Gasteiger partial charge in [-0.1, -0.05) is 18.2 Å². The number of amides is 1. The van der Waals surface area contributed by atoms with Gasteiger partial charge in [0, 0.05) is 12.6 Å². The molecule has 2 saturated carbocycles. The molecular weight excluding hydrogens is 248 g/mol. The summed E-state index contributed by atoms with van der Waals surface area (Å²) in [5.74, 6) is 1.67. The average Bonchev–Trinajstić information content (AvgIpc) is 3.03. The van der Waals surface area contributed by atoms with Crippen LogP contribution in [-0.2, 0) is 4.79 Å². The van der Waals surface area contributed by atoms with Gasteiger partial charge in [0.05, 0.1) is 5.25 Å². The van der Waals surface area contributed by atoms with E-state index in [4.69, 9.17) is 5.11 Å². The van der Waals surface area contributed by atoms with Gasteiger partial charge in [-0.25, -0.2) is 0 Å². The molecule has 2 aliphatic carbocycles. The quantitative estimate of drug-likeness (QED) is 0.812. The van der Waals surface area contributed by atoms with Gasteiger partial charge in [0.1, 0.15) is 0 Å². The Morgan fingerprint density at radius 2 is 2.28 bits per heavy atom. The van der Waals surface area contributed by atoms with E-state index >= 15 is 0 Å². The van der Waals surface area contributed by atoms with Crippen molar-refractivity contribution < 1.29 is 9.90 Å². The molecule has 0 aromatic rings. The molecule has 0 radical (unpaired) electrons. The van der Waals surface area contributed by atoms with Gasteiger partial charge in [-0.05, 0) is 43.9 Å². The Kier molecular flexibility index (Phi) is 3.61. The number of aliphatic hydroxyl groups is 1. The zero-order chi connectivity index (χ0) is 12.5. The second-order valence-corrected chi connectivity index (χ2v) is 6.84. The fourth-order valence-corrected chi connectivity index (χ4v) is 4.56. The molecule has 1 aliphatic heterocycles. The van der Waals surface area contributed by atoms with E-state index in [0.29, 0.717) is 12.5 Å². The van der Waals surface area contributed by atoms with E-state index in [1.165, 1.54) is 25.7 Å². The molecule has 0 saturated heterocycles. The van der Waals surface area contributed by atoms with Gasteiger partial charge in [-0.2, -0.15) is 4.99 Å². The fraction of sp³-hybridized carbons (Fsp3) is 0.846. The number of hydrogen-bond acceptors (Lipinski definition) is 4. The van der Waals surface area contributed by atoms with Crippen molar-refractivity contribution in [1.29, 1.82) is 0 Å². The lowest BCUT2D eigenvalue weighted by Gasteiger charge is -2.23. The number of fused-ring (bicyclic) bond motifs is 2. The second kappa shape index (κ2) is 5.21. The third-order valence-corrected chi connectivity index (χ3v) is 5.57. The van der Waals surface area contributed by atoms with E-state index in [0.717, 1.165) is 23.4 Å². The number of carbonyl (C=O) groups excluding carboxylic acids is 1. The molecule has 100 valence electrons. The minimum Gasteiger partial charge on any atom is -0.396 e.